The Bertz CT molecular complexity index is 136. The maximum absolute atomic E-state index is 8.88. The Balaban J connectivity index is -0.0000000128. The first kappa shape index (κ1) is 43.2. The Labute approximate surface area is 132 Å². The van der Waals surface area contributed by atoms with Crippen LogP contribution in [-0.4, -0.2) is 91.4 Å². The molecule has 0 aromatic heterocycles. The number of hydrogen-bond donors (Lipinski definition) is 6. The van der Waals surface area contributed by atoms with E-state index in [0.29, 0.717) is 0 Å². The molecule has 0 rings (SSSR count). The van der Waals surface area contributed by atoms with Gasteiger partial charge in [0.05, 0.1) is 0 Å². The van der Waals surface area contributed by atoms with E-state index in [1.807, 2.05) is 0 Å². The van der Waals surface area contributed by atoms with E-state index in [-0.39, 0.29) is 79.1 Å². The van der Waals surface area contributed by atoms with E-state index in [9.17, 15) is 0 Å². The molecule has 0 bridgehead atoms. The molecule has 0 radical (unpaired) electrons. The molecule has 0 atom stereocenters. The van der Waals surface area contributed by atoms with Gasteiger partial charge in [-0.15, -0.1) is 0 Å². The van der Waals surface area contributed by atoms with Crippen LogP contribution in [0.15, 0.2) is 0 Å². The van der Waals surface area contributed by atoms with E-state index in [4.69, 9.17) is 38.5 Å². The van der Waals surface area contributed by atoms with Gasteiger partial charge in [-0.05, 0) is 0 Å². The summed E-state index contributed by atoms with van der Waals surface area (Å²) in [4.78, 5) is 43.1. The molecule has 0 fully saturated rings. The molecule has 0 saturated carbocycles. The van der Waals surface area contributed by atoms with Crippen LogP contribution in [0.25, 0.3) is 0 Å². The molecular formula is H11FeLi3O9P2. The van der Waals surface area contributed by atoms with E-state index < -0.39 is 15.6 Å². The molecule has 86 valence electrons. The van der Waals surface area contributed by atoms with E-state index in [1.54, 1.807) is 0 Å². The molecule has 0 spiro atoms. The van der Waals surface area contributed by atoms with E-state index in [0.717, 1.165) is 0 Å². The summed E-state index contributed by atoms with van der Waals surface area (Å²) in [6.45, 7) is 0. The van der Waals surface area contributed by atoms with Gasteiger partial charge in [-0.2, -0.15) is 0 Å². The van der Waals surface area contributed by atoms with Crippen LogP contribution in [0.5, 0.6) is 0 Å². The maximum atomic E-state index is 8.88. The Morgan fingerprint density at radius 3 is 0.600 bits per heavy atom. The fourth-order valence-electron chi connectivity index (χ4n) is 0. The van der Waals surface area contributed by atoms with Gasteiger partial charge < -0.3 is 34.8 Å². The Morgan fingerprint density at radius 1 is 0.600 bits per heavy atom. The average molecular weight is 294 g/mol. The normalized spacial score (nSPS) is 7.87. The molecule has 0 unspecified atom stereocenters. The number of rotatable bonds is 0. The first-order valence-corrected chi connectivity index (χ1v) is 4.70. The van der Waals surface area contributed by atoms with Crippen molar-refractivity contribution in [2.75, 3.05) is 0 Å². The zero-order valence-corrected chi connectivity index (χ0v) is 8.14. The van der Waals surface area contributed by atoms with E-state index in [2.05, 4.69) is 0 Å². The molecule has 8 N–H and O–H groups in total. The summed E-state index contributed by atoms with van der Waals surface area (Å²) in [7, 11) is -9.28. The Morgan fingerprint density at radius 2 is 0.600 bits per heavy atom. The second kappa shape index (κ2) is 18.8. The first-order chi connectivity index (χ1) is 4.00. The summed E-state index contributed by atoms with van der Waals surface area (Å²) < 4.78 is 17.8. The zero-order valence-electron chi connectivity index (χ0n) is 5.25. The molecular weight excluding hydrogens is 283 g/mol. The zero-order chi connectivity index (χ0) is 9.00. The molecule has 0 aromatic rings. The molecule has 0 heterocycles. The standard InChI is InChI=1S/Fe.3Li.2H3O4P.H2O.3H/c;;;;2*1-5(2,3)4;;;;/h;;;;2*(H3,1,2,3,4);1H2;;;. The third-order valence-electron chi connectivity index (χ3n) is 0. The van der Waals surface area contributed by atoms with Gasteiger partial charge in [0.2, 0.25) is 0 Å². The van der Waals surface area contributed by atoms with Crippen molar-refractivity contribution < 1.29 is 61.0 Å². The second-order valence-corrected chi connectivity index (χ2v) is 3.08. The Kier molecular flexibility index (Phi) is 54.3. The second-order valence-electron chi connectivity index (χ2n) is 1.03. The SMILES string of the molecule is O.O=P(O)(O)O.O=P(O)(O)O.[Fe].[LiH].[LiH].[LiH]. The first-order valence-electron chi connectivity index (χ1n) is 1.57. The van der Waals surface area contributed by atoms with Crippen molar-refractivity contribution in [2.24, 2.45) is 0 Å². The van der Waals surface area contributed by atoms with Gasteiger partial charge in [0.15, 0.2) is 0 Å². The monoisotopic (exact) mass is 294 g/mol. The van der Waals surface area contributed by atoms with Gasteiger partial charge >= 0.3 is 72.2 Å². The van der Waals surface area contributed by atoms with Gasteiger partial charge in [0, 0.05) is 17.1 Å². The summed E-state index contributed by atoms with van der Waals surface area (Å²) in [5, 5.41) is 0. The minimum atomic E-state index is -4.64. The van der Waals surface area contributed by atoms with Crippen molar-refractivity contribution in [1.82, 2.24) is 0 Å². The molecule has 0 aliphatic heterocycles. The quantitative estimate of drug-likeness (QED) is 0.190. The summed E-state index contributed by atoms with van der Waals surface area (Å²) in [5.41, 5.74) is 0. The van der Waals surface area contributed by atoms with Crippen LogP contribution < -0.4 is 0 Å². The van der Waals surface area contributed by atoms with Gasteiger partial charge in [-0.3, -0.25) is 0 Å². The fraction of sp³-hybridized carbons (Fsp3) is 0. The van der Waals surface area contributed by atoms with Crippen LogP contribution in [0.1, 0.15) is 0 Å². The van der Waals surface area contributed by atoms with Gasteiger partial charge in [-0.25, -0.2) is 9.13 Å². The molecule has 0 amide bonds. The Hall–Kier alpha value is 2.49. The molecule has 0 aliphatic rings. The summed E-state index contributed by atoms with van der Waals surface area (Å²) in [5.74, 6) is 0. The molecule has 15 heavy (non-hydrogen) atoms. The molecule has 0 aliphatic carbocycles. The summed E-state index contributed by atoms with van der Waals surface area (Å²) in [6.07, 6.45) is 0. The van der Waals surface area contributed by atoms with Gasteiger partial charge in [0.1, 0.15) is 0 Å². The van der Waals surface area contributed by atoms with Crippen molar-refractivity contribution in [3.63, 3.8) is 0 Å². The van der Waals surface area contributed by atoms with Crippen molar-refractivity contribution in [1.29, 1.82) is 0 Å². The van der Waals surface area contributed by atoms with Crippen LogP contribution in [0.3, 0.4) is 0 Å². The number of phosphoric acid groups is 2. The van der Waals surface area contributed by atoms with Crippen molar-refractivity contribution in [3.8, 4) is 0 Å². The summed E-state index contributed by atoms with van der Waals surface area (Å²) >= 11 is 0. The third-order valence-corrected chi connectivity index (χ3v) is 0. The van der Waals surface area contributed by atoms with E-state index in [1.165, 1.54) is 0 Å². The van der Waals surface area contributed by atoms with Crippen molar-refractivity contribution >= 4 is 72.2 Å². The van der Waals surface area contributed by atoms with Crippen LogP contribution in [0.4, 0.5) is 0 Å². The molecule has 0 saturated heterocycles. The predicted molar refractivity (Wildman–Crippen MR) is 53.6 cm³/mol. The van der Waals surface area contributed by atoms with Crippen LogP contribution in [-0.2, 0) is 26.2 Å². The summed E-state index contributed by atoms with van der Waals surface area (Å²) in [6, 6.07) is 0. The predicted octanol–water partition coefficient (Wildman–Crippen LogP) is -4.63. The number of hydrogen-bond acceptors (Lipinski definition) is 2. The van der Waals surface area contributed by atoms with Crippen LogP contribution in [0, 0.1) is 0 Å². The molecule has 0 aromatic carbocycles. The molecule has 15 heteroatoms. The van der Waals surface area contributed by atoms with Crippen molar-refractivity contribution in [3.05, 3.63) is 0 Å². The van der Waals surface area contributed by atoms with E-state index >= 15 is 0 Å². The van der Waals surface area contributed by atoms with Crippen LogP contribution in [0.2, 0.25) is 0 Å². The van der Waals surface area contributed by atoms with Gasteiger partial charge in [0.25, 0.3) is 0 Å². The van der Waals surface area contributed by atoms with Gasteiger partial charge in [-0.1, -0.05) is 0 Å². The minimum absolute atomic E-state index is 0. The molecule has 9 nitrogen and oxygen atoms in total. The fourth-order valence-corrected chi connectivity index (χ4v) is 0. The van der Waals surface area contributed by atoms with Crippen LogP contribution >= 0.6 is 15.6 Å². The average Bonchev–Trinajstić information content (AvgIpc) is 1.12. The topological polar surface area (TPSA) is 187 Å². The van der Waals surface area contributed by atoms with Crippen molar-refractivity contribution in [2.45, 2.75) is 0 Å². The third kappa shape index (κ3) is 558.